The van der Waals surface area contributed by atoms with Crippen molar-refractivity contribution in [2.24, 2.45) is 4.99 Å². The first kappa shape index (κ1) is 19.5. The summed E-state index contributed by atoms with van der Waals surface area (Å²) in [5, 5.41) is 0.569. The Morgan fingerprint density at radius 1 is 1.10 bits per heavy atom. The first-order valence-electron chi connectivity index (χ1n) is 8.76. The van der Waals surface area contributed by atoms with E-state index in [1.807, 2.05) is 0 Å². The quantitative estimate of drug-likeness (QED) is 0.341. The van der Waals surface area contributed by atoms with Crippen molar-refractivity contribution in [1.82, 2.24) is 0 Å². The van der Waals surface area contributed by atoms with Crippen molar-refractivity contribution in [3.8, 4) is 11.5 Å². The number of hydrogen-bond acceptors (Lipinski definition) is 7. The molecule has 0 aliphatic carbocycles. The van der Waals surface area contributed by atoms with Gasteiger partial charge in [-0.25, -0.2) is 14.6 Å². The number of methoxy groups -OCH3 is 1. The van der Waals surface area contributed by atoms with Crippen molar-refractivity contribution in [3.05, 3.63) is 88.5 Å². The number of carbonyl (C=O) groups excluding carboxylic acids is 2. The Bertz CT molecular complexity index is 1160. The van der Waals surface area contributed by atoms with E-state index < -0.39 is 11.9 Å². The highest BCUT2D eigenvalue weighted by atomic mass is 35.5. The van der Waals surface area contributed by atoms with Crippen LogP contribution in [0.5, 0.6) is 11.5 Å². The van der Waals surface area contributed by atoms with Crippen LogP contribution in [-0.2, 0) is 9.53 Å². The van der Waals surface area contributed by atoms with Crippen LogP contribution in [-0.4, -0.2) is 24.9 Å². The van der Waals surface area contributed by atoms with Gasteiger partial charge in [0.1, 0.15) is 0 Å². The second kappa shape index (κ2) is 8.26. The average Bonchev–Trinajstić information content (AvgIpc) is 3.40. The van der Waals surface area contributed by atoms with Gasteiger partial charge >= 0.3 is 11.9 Å². The maximum atomic E-state index is 12.2. The minimum atomic E-state index is -0.652. The molecule has 0 N–H and O–H groups in total. The van der Waals surface area contributed by atoms with Crippen LogP contribution in [0, 0.1) is 0 Å². The summed E-state index contributed by atoms with van der Waals surface area (Å²) >= 11 is 5.88. The number of carbonyl (C=O) groups is 2. The van der Waals surface area contributed by atoms with Gasteiger partial charge in [0.05, 0.1) is 13.4 Å². The summed E-state index contributed by atoms with van der Waals surface area (Å²) in [5.41, 5.74) is 1.37. The number of rotatable bonds is 5. The van der Waals surface area contributed by atoms with Crippen LogP contribution >= 0.6 is 11.6 Å². The van der Waals surface area contributed by atoms with E-state index >= 15 is 0 Å². The third-order valence-electron chi connectivity index (χ3n) is 4.13. The van der Waals surface area contributed by atoms with Crippen molar-refractivity contribution in [1.29, 1.82) is 0 Å². The molecule has 1 aromatic heterocycles. The standard InChI is InChI=1S/C22H14ClNO6/c1-27-19-12-13(4-9-17(19)29-22(26)18-3-2-10-28-18)11-16-21(25)30-20(24-16)14-5-7-15(23)8-6-14/h2-12H,1H3/b16-11+. The third-order valence-corrected chi connectivity index (χ3v) is 4.38. The lowest BCUT2D eigenvalue weighted by Crippen LogP contribution is -2.08. The number of cyclic esters (lactones) is 1. The first-order valence-corrected chi connectivity index (χ1v) is 9.13. The van der Waals surface area contributed by atoms with Crippen molar-refractivity contribution in [2.75, 3.05) is 7.11 Å². The number of ether oxygens (including phenoxy) is 3. The van der Waals surface area contributed by atoms with Gasteiger partial charge in [-0.2, -0.15) is 0 Å². The lowest BCUT2D eigenvalue weighted by Gasteiger charge is -2.09. The smallest absolute Gasteiger partial charge is 0.379 e. The molecule has 150 valence electrons. The fourth-order valence-electron chi connectivity index (χ4n) is 2.69. The number of halogens is 1. The SMILES string of the molecule is COc1cc(/C=C2/N=C(c3ccc(Cl)cc3)OC2=O)ccc1OC(=O)c1ccco1. The normalized spacial score (nSPS) is 14.4. The Morgan fingerprint density at radius 2 is 1.90 bits per heavy atom. The molecule has 0 spiro atoms. The molecule has 0 fully saturated rings. The maximum Gasteiger partial charge on any atom is 0.379 e. The number of aliphatic imine (C=N–C) groups is 1. The Labute approximate surface area is 176 Å². The monoisotopic (exact) mass is 423 g/mol. The van der Waals surface area contributed by atoms with E-state index in [4.69, 9.17) is 30.2 Å². The molecule has 0 radical (unpaired) electrons. The summed E-state index contributed by atoms with van der Waals surface area (Å²) in [4.78, 5) is 28.5. The van der Waals surface area contributed by atoms with Crippen molar-refractivity contribution >= 4 is 35.5 Å². The Hall–Kier alpha value is -3.84. The molecule has 0 atom stereocenters. The van der Waals surface area contributed by atoms with Gasteiger partial charge in [-0.1, -0.05) is 17.7 Å². The molecule has 30 heavy (non-hydrogen) atoms. The van der Waals surface area contributed by atoms with Crippen LogP contribution in [0.15, 0.2) is 76.0 Å². The zero-order valence-electron chi connectivity index (χ0n) is 15.6. The zero-order valence-corrected chi connectivity index (χ0v) is 16.4. The second-order valence-corrected chi connectivity index (χ2v) is 6.56. The van der Waals surface area contributed by atoms with Crippen molar-refractivity contribution < 1.29 is 28.2 Å². The highest BCUT2D eigenvalue weighted by molar-refractivity contribution is 6.30. The van der Waals surface area contributed by atoms with E-state index in [9.17, 15) is 9.59 Å². The predicted octanol–water partition coefficient (Wildman–Crippen LogP) is 4.51. The van der Waals surface area contributed by atoms with Crippen LogP contribution in [0.25, 0.3) is 6.08 Å². The lowest BCUT2D eigenvalue weighted by atomic mass is 10.1. The first-order chi connectivity index (χ1) is 14.5. The molecule has 3 aromatic rings. The fourth-order valence-corrected chi connectivity index (χ4v) is 2.81. The van der Waals surface area contributed by atoms with E-state index in [-0.39, 0.29) is 23.1 Å². The Balaban J connectivity index is 1.58. The highest BCUT2D eigenvalue weighted by Gasteiger charge is 2.24. The molecule has 0 saturated carbocycles. The summed E-state index contributed by atoms with van der Waals surface area (Å²) < 4.78 is 20.9. The topological polar surface area (TPSA) is 87.3 Å². The zero-order chi connectivity index (χ0) is 21.1. The summed E-state index contributed by atoms with van der Waals surface area (Å²) in [6.07, 6.45) is 2.93. The minimum absolute atomic E-state index is 0.0704. The molecule has 0 unspecified atom stereocenters. The third kappa shape index (κ3) is 4.11. The minimum Gasteiger partial charge on any atom is -0.493 e. The fraction of sp³-hybridized carbons (Fsp3) is 0.0455. The van der Waals surface area contributed by atoms with Gasteiger partial charge in [0, 0.05) is 10.6 Å². The molecule has 0 amide bonds. The summed E-state index contributed by atoms with van der Waals surface area (Å²) in [6, 6.07) is 14.7. The van der Waals surface area contributed by atoms with E-state index in [0.717, 1.165) is 0 Å². The molecule has 2 heterocycles. The number of esters is 2. The molecule has 0 saturated heterocycles. The molecule has 0 bridgehead atoms. The number of nitrogens with zero attached hydrogens (tertiary/aromatic N) is 1. The van der Waals surface area contributed by atoms with E-state index in [1.54, 1.807) is 54.6 Å². The van der Waals surface area contributed by atoms with Gasteiger partial charge < -0.3 is 18.6 Å². The van der Waals surface area contributed by atoms with Gasteiger partial charge in [0.15, 0.2) is 17.2 Å². The summed E-state index contributed by atoms with van der Waals surface area (Å²) in [7, 11) is 1.44. The van der Waals surface area contributed by atoms with Crippen molar-refractivity contribution in [3.63, 3.8) is 0 Å². The summed E-state index contributed by atoms with van der Waals surface area (Å²) in [5.74, 6) is -0.453. The summed E-state index contributed by atoms with van der Waals surface area (Å²) in [6.45, 7) is 0. The van der Waals surface area contributed by atoms with E-state index in [0.29, 0.717) is 21.9 Å². The predicted molar refractivity (Wildman–Crippen MR) is 109 cm³/mol. The molecule has 4 rings (SSSR count). The van der Waals surface area contributed by atoms with Gasteiger partial charge in [-0.05, 0) is 60.2 Å². The lowest BCUT2D eigenvalue weighted by molar-refractivity contribution is -0.129. The van der Waals surface area contributed by atoms with Crippen LogP contribution in [0.4, 0.5) is 0 Å². The van der Waals surface area contributed by atoms with Gasteiger partial charge in [-0.3, -0.25) is 0 Å². The Morgan fingerprint density at radius 3 is 2.60 bits per heavy atom. The van der Waals surface area contributed by atoms with E-state index in [1.165, 1.54) is 19.4 Å². The molecule has 2 aromatic carbocycles. The Kier molecular flexibility index (Phi) is 5.36. The number of hydrogen-bond donors (Lipinski definition) is 0. The maximum absolute atomic E-state index is 12.2. The van der Waals surface area contributed by atoms with Crippen molar-refractivity contribution in [2.45, 2.75) is 0 Å². The number of benzene rings is 2. The molecular formula is C22H14ClNO6. The molecule has 8 heteroatoms. The molecular weight excluding hydrogens is 410 g/mol. The van der Waals surface area contributed by atoms with Crippen LogP contribution in [0.3, 0.4) is 0 Å². The molecule has 1 aliphatic rings. The van der Waals surface area contributed by atoms with Crippen LogP contribution in [0.1, 0.15) is 21.7 Å². The average molecular weight is 424 g/mol. The van der Waals surface area contributed by atoms with E-state index in [2.05, 4.69) is 4.99 Å². The largest absolute Gasteiger partial charge is 0.493 e. The van der Waals surface area contributed by atoms with Gasteiger partial charge in [0.25, 0.3) is 0 Å². The molecule has 1 aliphatic heterocycles. The van der Waals surface area contributed by atoms with Crippen LogP contribution < -0.4 is 9.47 Å². The van der Waals surface area contributed by atoms with Gasteiger partial charge in [0.2, 0.25) is 11.7 Å². The number of furan rings is 1. The second-order valence-electron chi connectivity index (χ2n) is 6.12. The van der Waals surface area contributed by atoms with Gasteiger partial charge in [-0.15, -0.1) is 0 Å². The highest BCUT2D eigenvalue weighted by Crippen LogP contribution is 2.30. The molecule has 7 nitrogen and oxygen atoms in total. The van der Waals surface area contributed by atoms with Crippen LogP contribution in [0.2, 0.25) is 5.02 Å².